The summed E-state index contributed by atoms with van der Waals surface area (Å²) >= 11 is 4.44. The molecule has 1 heterocycles. The summed E-state index contributed by atoms with van der Waals surface area (Å²) in [6.07, 6.45) is 0. The second kappa shape index (κ2) is 4.06. The van der Waals surface area contributed by atoms with E-state index in [-0.39, 0.29) is 0 Å². The standard InChI is InChI=1S/C7H9BrN2O2S/c1-9-7-10(2)4(3-8)5(13-7)6(11)12/h3H2,1-2H3,(H,11,12)/b9-7-. The first kappa shape index (κ1) is 10.5. The molecule has 4 nitrogen and oxygen atoms in total. The van der Waals surface area contributed by atoms with Crippen molar-refractivity contribution in [2.75, 3.05) is 7.05 Å². The highest BCUT2D eigenvalue weighted by Crippen LogP contribution is 2.14. The molecule has 13 heavy (non-hydrogen) atoms. The highest BCUT2D eigenvalue weighted by atomic mass is 79.9. The van der Waals surface area contributed by atoms with Gasteiger partial charge in [-0.2, -0.15) is 0 Å². The molecule has 0 amide bonds. The molecule has 0 aliphatic carbocycles. The third-order valence-corrected chi connectivity index (χ3v) is 3.44. The van der Waals surface area contributed by atoms with Gasteiger partial charge in [-0.1, -0.05) is 27.3 Å². The highest BCUT2D eigenvalue weighted by molar-refractivity contribution is 9.08. The Balaban J connectivity index is 3.45. The van der Waals surface area contributed by atoms with Crippen molar-refractivity contribution in [1.82, 2.24) is 4.57 Å². The second-order valence-electron chi connectivity index (χ2n) is 2.38. The lowest BCUT2D eigenvalue weighted by Crippen LogP contribution is -2.12. The van der Waals surface area contributed by atoms with E-state index in [4.69, 9.17) is 5.11 Å². The summed E-state index contributed by atoms with van der Waals surface area (Å²) in [6.45, 7) is 0. The number of aromatic carboxylic acids is 1. The van der Waals surface area contributed by atoms with E-state index in [0.717, 1.165) is 5.69 Å². The second-order valence-corrected chi connectivity index (χ2v) is 3.92. The lowest BCUT2D eigenvalue weighted by molar-refractivity contribution is 0.0700. The van der Waals surface area contributed by atoms with Crippen molar-refractivity contribution in [3.05, 3.63) is 15.4 Å². The van der Waals surface area contributed by atoms with Crippen molar-refractivity contribution in [3.8, 4) is 0 Å². The zero-order valence-corrected chi connectivity index (χ0v) is 9.65. The molecular formula is C7H9BrN2O2S. The van der Waals surface area contributed by atoms with Gasteiger partial charge in [0.1, 0.15) is 4.88 Å². The molecule has 0 saturated heterocycles. The number of thiazole rings is 1. The number of rotatable bonds is 2. The summed E-state index contributed by atoms with van der Waals surface area (Å²) in [7, 11) is 3.46. The quantitative estimate of drug-likeness (QED) is 0.817. The Kier molecular flexibility index (Phi) is 3.27. The van der Waals surface area contributed by atoms with Crippen molar-refractivity contribution >= 4 is 33.2 Å². The van der Waals surface area contributed by atoms with E-state index in [1.807, 2.05) is 7.05 Å². The number of carboxylic acids is 1. The number of alkyl halides is 1. The van der Waals surface area contributed by atoms with Crippen LogP contribution >= 0.6 is 27.3 Å². The molecule has 0 atom stereocenters. The smallest absolute Gasteiger partial charge is 0.347 e. The van der Waals surface area contributed by atoms with Crippen molar-refractivity contribution in [2.45, 2.75) is 5.33 Å². The van der Waals surface area contributed by atoms with Crippen LogP contribution in [0.4, 0.5) is 0 Å². The molecule has 0 unspecified atom stereocenters. The van der Waals surface area contributed by atoms with Crippen LogP contribution in [0.2, 0.25) is 0 Å². The fourth-order valence-corrected chi connectivity index (χ4v) is 2.78. The van der Waals surface area contributed by atoms with E-state index in [9.17, 15) is 4.79 Å². The van der Waals surface area contributed by atoms with Gasteiger partial charge in [0.2, 0.25) is 0 Å². The van der Waals surface area contributed by atoms with Crippen molar-refractivity contribution < 1.29 is 9.90 Å². The Morgan fingerprint density at radius 2 is 2.38 bits per heavy atom. The Morgan fingerprint density at radius 3 is 2.69 bits per heavy atom. The van der Waals surface area contributed by atoms with E-state index >= 15 is 0 Å². The van der Waals surface area contributed by atoms with Gasteiger partial charge in [-0.15, -0.1) is 0 Å². The van der Waals surface area contributed by atoms with Gasteiger partial charge in [0.05, 0.1) is 5.69 Å². The first-order valence-corrected chi connectivity index (χ1v) is 5.46. The molecule has 0 aliphatic heterocycles. The molecule has 0 spiro atoms. The highest BCUT2D eigenvalue weighted by Gasteiger charge is 2.15. The van der Waals surface area contributed by atoms with E-state index in [1.165, 1.54) is 11.3 Å². The third-order valence-electron chi connectivity index (χ3n) is 1.66. The fourth-order valence-electron chi connectivity index (χ4n) is 0.999. The number of carboxylic acid groups (broad SMARTS) is 1. The maximum absolute atomic E-state index is 10.8. The van der Waals surface area contributed by atoms with Crippen LogP contribution in [0.25, 0.3) is 0 Å². The van der Waals surface area contributed by atoms with Crippen LogP contribution in [0.5, 0.6) is 0 Å². The zero-order valence-electron chi connectivity index (χ0n) is 7.24. The van der Waals surface area contributed by atoms with E-state index in [1.54, 1.807) is 11.6 Å². The zero-order chi connectivity index (χ0) is 10.0. The SMILES string of the molecule is C/N=c1\sc(C(=O)O)c(CBr)n1C. The van der Waals surface area contributed by atoms with Crippen molar-refractivity contribution in [1.29, 1.82) is 0 Å². The largest absolute Gasteiger partial charge is 0.477 e. The molecule has 1 aromatic rings. The average molecular weight is 265 g/mol. The number of halogens is 1. The van der Waals surface area contributed by atoms with E-state index in [2.05, 4.69) is 20.9 Å². The Hall–Kier alpha value is -0.620. The molecular weight excluding hydrogens is 256 g/mol. The summed E-state index contributed by atoms with van der Waals surface area (Å²) in [5, 5.41) is 9.39. The molecule has 6 heteroatoms. The van der Waals surface area contributed by atoms with Gasteiger partial charge in [0, 0.05) is 19.4 Å². The molecule has 0 saturated carbocycles. The summed E-state index contributed by atoms with van der Waals surface area (Å²) in [5.74, 6) is -0.898. The predicted molar refractivity (Wildman–Crippen MR) is 54.4 cm³/mol. The molecule has 0 radical (unpaired) electrons. The van der Waals surface area contributed by atoms with E-state index < -0.39 is 5.97 Å². The average Bonchev–Trinajstić information content (AvgIpc) is 2.42. The van der Waals surface area contributed by atoms with Crippen LogP contribution in [-0.2, 0) is 12.4 Å². The summed E-state index contributed by atoms with van der Waals surface area (Å²) < 4.78 is 1.78. The van der Waals surface area contributed by atoms with Crippen molar-refractivity contribution in [3.63, 3.8) is 0 Å². The number of carbonyl (C=O) groups is 1. The minimum atomic E-state index is -0.898. The summed E-state index contributed by atoms with van der Waals surface area (Å²) in [4.78, 5) is 15.8. The van der Waals surface area contributed by atoms with Gasteiger partial charge in [-0.25, -0.2) is 4.79 Å². The summed E-state index contributed by atoms with van der Waals surface area (Å²) in [5.41, 5.74) is 0.748. The fraction of sp³-hybridized carbons (Fsp3) is 0.429. The Bertz CT molecular complexity index is 394. The van der Waals surface area contributed by atoms with Gasteiger partial charge in [-0.3, -0.25) is 4.99 Å². The number of aromatic nitrogens is 1. The van der Waals surface area contributed by atoms with Crippen molar-refractivity contribution in [2.24, 2.45) is 12.0 Å². The van der Waals surface area contributed by atoms with Crippen LogP contribution in [0.3, 0.4) is 0 Å². The maximum Gasteiger partial charge on any atom is 0.347 e. The monoisotopic (exact) mass is 264 g/mol. The van der Waals surface area contributed by atoms with Gasteiger partial charge in [0.25, 0.3) is 0 Å². The maximum atomic E-state index is 10.8. The number of nitrogens with zero attached hydrogens (tertiary/aromatic N) is 2. The van der Waals surface area contributed by atoms with Gasteiger partial charge < -0.3 is 9.67 Å². The Morgan fingerprint density at radius 1 is 1.77 bits per heavy atom. The van der Waals surface area contributed by atoms with Gasteiger partial charge in [0.15, 0.2) is 4.80 Å². The molecule has 0 fully saturated rings. The lowest BCUT2D eigenvalue weighted by Gasteiger charge is -1.97. The van der Waals surface area contributed by atoms with E-state index in [0.29, 0.717) is 15.0 Å². The normalized spacial score (nSPS) is 12.1. The minimum absolute atomic E-state index is 0.347. The third kappa shape index (κ3) is 1.83. The molecule has 1 rings (SSSR count). The molecule has 1 aromatic heterocycles. The van der Waals surface area contributed by atoms with Crippen LogP contribution in [0.15, 0.2) is 4.99 Å². The molecule has 72 valence electrons. The topological polar surface area (TPSA) is 54.6 Å². The van der Waals surface area contributed by atoms with Crippen LogP contribution in [-0.4, -0.2) is 22.7 Å². The number of hydrogen-bond donors (Lipinski definition) is 1. The van der Waals surface area contributed by atoms with Crippen LogP contribution in [0, 0.1) is 0 Å². The first-order chi connectivity index (χ1) is 6.11. The Labute approximate surface area is 87.7 Å². The molecule has 1 N–H and O–H groups in total. The van der Waals surface area contributed by atoms with Crippen LogP contribution < -0.4 is 4.80 Å². The van der Waals surface area contributed by atoms with Gasteiger partial charge in [-0.05, 0) is 0 Å². The minimum Gasteiger partial charge on any atom is -0.477 e. The molecule has 0 aliphatic rings. The predicted octanol–water partition coefficient (Wildman–Crippen LogP) is 1.21. The number of hydrogen-bond acceptors (Lipinski definition) is 3. The lowest BCUT2D eigenvalue weighted by atomic mass is 10.4. The van der Waals surface area contributed by atoms with Crippen LogP contribution in [0.1, 0.15) is 15.4 Å². The molecule has 0 aromatic carbocycles. The molecule has 0 bridgehead atoms. The summed E-state index contributed by atoms with van der Waals surface area (Å²) in [6, 6.07) is 0. The van der Waals surface area contributed by atoms with Gasteiger partial charge >= 0.3 is 5.97 Å². The first-order valence-electron chi connectivity index (χ1n) is 3.52.